The summed E-state index contributed by atoms with van der Waals surface area (Å²) in [5, 5.41) is 4.84. The van der Waals surface area contributed by atoms with E-state index in [4.69, 9.17) is 11.6 Å². The number of carbonyl (C=O) groups is 1. The largest absolute Gasteiger partial charge is 0.335 e. The molecule has 2 aromatic heterocycles. The highest BCUT2D eigenvalue weighted by Crippen LogP contribution is 2.17. The van der Waals surface area contributed by atoms with Crippen molar-refractivity contribution in [3.8, 4) is 0 Å². The lowest BCUT2D eigenvalue weighted by Gasteiger charge is -2.16. The minimum absolute atomic E-state index is 0.122. The fourth-order valence-corrected chi connectivity index (χ4v) is 2.32. The Morgan fingerprint density at radius 1 is 1.32 bits per heavy atom. The van der Waals surface area contributed by atoms with Gasteiger partial charge in [-0.1, -0.05) is 29.8 Å². The van der Waals surface area contributed by atoms with Gasteiger partial charge in [0.2, 0.25) is 5.82 Å². The van der Waals surface area contributed by atoms with E-state index in [1.54, 1.807) is 23.8 Å². The molecule has 1 amide bonds. The van der Waals surface area contributed by atoms with Gasteiger partial charge in [-0.15, -0.1) is 5.10 Å². The van der Waals surface area contributed by atoms with Crippen LogP contribution in [-0.4, -0.2) is 37.4 Å². The van der Waals surface area contributed by atoms with Gasteiger partial charge in [-0.05, 0) is 24.6 Å². The second-order valence-electron chi connectivity index (χ2n) is 4.99. The van der Waals surface area contributed by atoms with Crippen LogP contribution in [0.1, 0.15) is 21.9 Å². The van der Waals surface area contributed by atoms with Crippen LogP contribution < -0.4 is 0 Å². The van der Waals surface area contributed by atoms with Crippen molar-refractivity contribution in [2.75, 3.05) is 7.05 Å². The quantitative estimate of drug-likeness (QED) is 0.744. The van der Waals surface area contributed by atoms with Crippen LogP contribution in [0.2, 0.25) is 5.02 Å². The van der Waals surface area contributed by atoms with Gasteiger partial charge in [-0.25, -0.2) is 9.50 Å². The first-order valence-corrected chi connectivity index (χ1v) is 7.11. The maximum atomic E-state index is 12.5. The summed E-state index contributed by atoms with van der Waals surface area (Å²) in [6.45, 7) is 2.27. The molecule has 0 aliphatic rings. The molecule has 0 unspecified atom stereocenters. The Kier molecular flexibility index (Phi) is 3.77. The number of rotatable bonds is 3. The van der Waals surface area contributed by atoms with E-state index in [9.17, 15) is 4.79 Å². The molecule has 3 aromatic rings. The molecule has 0 bridgehead atoms. The maximum absolute atomic E-state index is 12.5. The zero-order valence-electron chi connectivity index (χ0n) is 12.2. The fourth-order valence-electron chi connectivity index (χ4n) is 2.12. The van der Waals surface area contributed by atoms with Gasteiger partial charge in [-0.3, -0.25) is 4.79 Å². The second kappa shape index (κ2) is 5.73. The molecule has 0 fully saturated rings. The van der Waals surface area contributed by atoms with E-state index in [-0.39, 0.29) is 11.7 Å². The predicted octanol–water partition coefficient (Wildman–Crippen LogP) is 2.36. The third-order valence-electron chi connectivity index (χ3n) is 3.33. The number of nitrogens with zero attached hydrogens (tertiary/aromatic N) is 5. The first-order chi connectivity index (χ1) is 10.6. The standard InChI is InChI=1S/C15H14ClN5O/c1-10-7-8-17-15-18-13(19-21(10)15)14(22)20(2)9-11-5-3-4-6-12(11)16/h3-8H,9H2,1-2H3. The van der Waals surface area contributed by atoms with E-state index in [2.05, 4.69) is 15.1 Å². The second-order valence-corrected chi connectivity index (χ2v) is 5.39. The van der Waals surface area contributed by atoms with E-state index in [0.717, 1.165) is 11.3 Å². The molecule has 0 N–H and O–H groups in total. The van der Waals surface area contributed by atoms with Crippen LogP contribution in [0.25, 0.3) is 5.78 Å². The zero-order chi connectivity index (χ0) is 15.7. The van der Waals surface area contributed by atoms with E-state index in [1.807, 2.05) is 31.2 Å². The van der Waals surface area contributed by atoms with Crippen LogP contribution in [0.5, 0.6) is 0 Å². The van der Waals surface area contributed by atoms with Gasteiger partial charge in [0.15, 0.2) is 0 Å². The van der Waals surface area contributed by atoms with Gasteiger partial charge < -0.3 is 4.90 Å². The van der Waals surface area contributed by atoms with Gasteiger partial charge >= 0.3 is 0 Å². The molecule has 0 radical (unpaired) electrons. The number of fused-ring (bicyclic) bond motifs is 1. The van der Waals surface area contributed by atoms with Crippen molar-refractivity contribution >= 4 is 23.3 Å². The number of hydrogen-bond donors (Lipinski definition) is 0. The molecule has 1 aromatic carbocycles. The number of hydrogen-bond acceptors (Lipinski definition) is 4. The fraction of sp³-hybridized carbons (Fsp3) is 0.200. The first-order valence-electron chi connectivity index (χ1n) is 6.73. The number of aryl methyl sites for hydroxylation is 1. The molecule has 0 saturated heterocycles. The summed E-state index contributed by atoms with van der Waals surface area (Å²) < 4.78 is 1.55. The maximum Gasteiger partial charge on any atom is 0.293 e. The van der Waals surface area contributed by atoms with Crippen LogP contribution in [0.4, 0.5) is 0 Å². The molecule has 0 atom stereocenters. The average molecular weight is 316 g/mol. The smallest absolute Gasteiger partial charge is 0.293 e. The lowest BCUT2D eigenvalue weighted by Crippen LogP contribution is -2.27. The van der Waals surface area contributed by atoms with Crippen molar-refractivity contribution in [2.24, 2.45) is 0 Å². The highest BCUT2D eigenvalue weighted by Gasteiger charge is 2.19. The zero-order valence-corrected chi connectivity index (χ0v) is 12.9. The molecule has 7 heteroatoms. The monoisotopic (exact) mass is 315 g/mol. The molecule has 3 rings (SSSR count). The summed E-state index contributed by atoms with van der Waals surface area (Å²) in [6.07, 6.45) is 1.64. The predicted molar refractivity (Wildman–Crippen MR) is 82.8 cm³/mol. The van der Waals surface area contributed by atoms with E-state index >= 15 is 0 Å². The number of halogens is 1. The molecule has 0 aliphatic heterocycles. The third-order valence-corrected chi connectivity index (χ3v) is 3.70. The van der Waals surface area contributed by atoms with Gasteiger partial charge in [0.05, 0.1) is 0 Å². The number of benzene rings is 1. The van der Waals surface area contributed by atoms with Gasteiger partial charge in [0, 0.05) is 30.5 Å². The Morgan fingerprint density at radius 2 is 2.09 bits per heavy atom. The van der Waals surface area contributed by atoms with Crippen LogP contribution in [0.3, 0.4) is 0 Å². The normalized spacial score (nSPS) is 10.9. The van der Waals surface area contributed by atoms with E-state index in [0.29, 0.717) is 17.3 Å². The summed E-state index contributed by atoms with van der Waals surface area (Å²) >= 11 is 6.12. The van der Waals surface area contributed by atoms with E-state index < -0.39 is 0 Å². The van der Waals surface area contributed by atoms with Crippen molar-refractivity contribution < 1.29 is 4.79 Å². The minimum atomic E-state index is -0.273. The number of carbonyl (C=O) groups excluding carboxylic acids is 1. The lowest BCUT2D eigenvalue weighted by atomic mass is 10.2. The first kappa shape index (κ1) is 14.5. The molecule has 2 heterocycles. The topological polar surface area (TPSA) is 63.4 Å². The van der Waals surface area contributed by atoms with Gasteiger partial charge in [0.25, 0.3) is 11.7 Å². The Balaban J connectivity index is 1.86. The van der Waals surface area contributed by atoms with Crippen molar-refractivity contribution in [3.63, 3.8) is 0 Å². The molecule has 0 saturated carbocycles. The summed E-state index contributed by atoms with van der Waals surface area (Å²) in [5.74, 6) is 0.260. The van der Waals surface area contributed by atoms with Crippen molar-refractivity contribution in [1.82, 2.24) is 24.5 Å². The Morgan fingerprint density at radius 3 is 2.82 bits per heavy atom. The summed E-state index contributed by atoms with van der Waals surface area (Å²) in [7, 11) is 1.69. The van der Waals surface area contributed by atoms with Gasteiger partial charge in [0.1, 0.15) is 0 Å². The molecule has 0 aliphatic carbocycles. The molecule has 0 spiro atoms. The van der Waals surface area contributed by atoms with Crippen molar-refractivity contribution in [1.29, 1.82) is 0 Å². The Labute approximate surface area is 132 Å². The highest BCUT2D eigenvalue weighted by molar-refractivity contribution is 6.31. The molecular formula is C15H14ClN5O. The minimum Gasteiger partial charge on any atom is -0.335 e. The Hall–Kier alpha value is -2.47. The van der Waals surface area contributed by atoms with Crippen molar-refractivity contribution in [3.05, 3.63) is 58.6 Å². The van der Waals surface area contributed by atoms with E-state index in [1.165, 1.54) is 4.90 Å². The molecule has 112 valence electrons. The summed E-state index contributed by atoms with van der Waals surface area (Å²) in [6, 6.07) is 9.23. The van der Waals surface area contributed by atoms with Crippen molar-refractivity contribution in [2.45, 2.75) is 13.5 Å². The van der Waals surface area contributed by atoms with Gasteiger partial charge in [-0.2, -0.15) is 4.98 Å². The highest BCUT2D eigenvalue weighted by atomic mass is 35.5. The number of aromatic nitrogens is 4. The molecular weight excluding hydrogens is 302 g/mol. The summed E-state index contributed by atoms with van der Waals surface area (Å²) in [4.78, 5) is 22.3. The lowest BCUT2D eigenvalue weighted by molar-refractivity contribution is 0.0773. The van der Waals surface area contributed by atoms with Crippen LogP contribution in [-0.2, 0) is 6.54 Å². The third kappa shape index (κ3) is 2.65. The summed E-state index contributed by atoms with van der Waals surface area (Å²) in [5.41, 5.74) is 1.74. The van der Waals surface area contributed by atoms with Crippen LogP contribution in [0.15, 0.2) is 36.5 Å². The SMILES string of the molecule is Cc1ccnc2nc(C(=O)N(C)Cc3ccccc3Cl)nn12. The van der Waals surface area contributed by atoms with Crippen LogP contribution >= 0.6 is 11.6 Å². The number of amides is 1. The average Bonchev–Trinajstić information content (AvgIpc) is 2.94. The Bertz CT molecular complexity index is 845. The molecule has 22 heavy (non-hydrogen) atoms. The molecule has 6 nitrogen and oxygen atoms in total. The van der Waals surface area contributed by atoms with Crippen LogP contribution in [0, 0.1) is 6.92 Å².